The van der Waals surface area contributed by atoms with Crippen LogP contribution in [0, 0.1) is 16.0 Å². The first-order valence-corrected chi connectivity index (χ1v) is 5.83. The van der Waals surface area contributed by atoms with Gasteiger partial charge in [0.05, 0.1) is 4.92 Å². The minimum Gasteiger partial charge on any atom is -0.347 e. The summed E-state index contributed by atoms with van der Waals surface area (Å²) in [6.07, 6.45) is 4.04. The van der Waals surface area contributed by atoms with Crippen LogP contribution in [0.4, 0.5) is 10.1 Å². The lowest BCUT2D eigenvalue weighted by Crippen LogP contribution is -2.35. The van der Waals surface area contributed by atoms with E-state index in [1.54, 1.807) is 0 Å². The highest BCUT2D eigenvalue weighted by Crippen LogP contribution is 2.30. The molecule has 0 amide bonds. The monoisotopic (exact) mass is 241 g/mol. The summed E-state index contributed by atoms with van der Waals surface area (Å²) >= 11 is 1.06. The van der Waals surface area contributed by atoms with Gasteiger partial charge in [0.2, 0.25) is 0 Å². The summed E-state index contributed by atoms with van der Waals surface area (Å²) in [5.74, 6) is 0.0247. The fourth-order valence-electron chi connectivity index (χ4n) is 1.78. The van der Waals surface area contributed by atoms with Crippen molar-refractivity contribution in [2.24, 2.45) is 5.92 Å². The second kappa shape index (κ2) is 4.56. The first-order valence-electron chi connectivity index (χ1n) is 5.01. The standard InChI is InChI=1S/C9H11N3O3S/c13-6-7-2-1-3-11(5-7)9-10-4-8(16-9)12(14)15/h4,6-7H,1-3,5H2. The van der Waals surface area contributed by atoms with Crippen molar-refractivity contribution in [3.63, 3.8) is 0 Å². The number of hydrogen-bond acceptors (Lipinski definition) is 6. The summed E-state index contributed by atoms with van der Waals surface area (Å²) in [5, 5.41) is 11.2. The Morgan fingerprint density at radius 2 is 2.50 bits per heavy atom. The quantitative estimate of drug-likeness (QED) is 0.455. The molecule has 0 saturated carbocycles. The van der Waals surface area contributed by atoms with Gasteiger partial charge in [-0.2, -0.15) is 0 Å². The SMILES string of the molecule is O=CC1CCCN(c2ncc([N+](=O)[O-])s2)C1. The molecule has 2 rings (SSSR count). The van der Waals surface area contributed by atoms with Gasteiger partial charge in [-0.25, -0.2) is 4.98 Å². The van der Waals surface area contributed by atoms with Crippen LogP contribution in [0.25, 0.3) is 0 Å². The third kappa shape index (κ3) is 2.19. The van der Waals surface area contributed by atoms with Gasteiger partial charge in [-0.05, 0) is 24.2 Å². The lowest BCUT2D eigenvalue weighted by molar-refractivity contribution is -0.380. The van der Waals surface area contributed by atoms with E-state index in [0.717, 1.165) is 37.0 Å². The zero-order chi connectivity index (χ0) is 11.5. The van der Waals surface area contributed by atoms with E-state index in [-0.39, 0.29) is 10.9 Å². The van der Waals surface area contributed by atoms with Gasteiger partial charge < -0.3 is 9.69 Å². The molecule has 0 N–H and O–H groups in total. The van der Waals surface area contributed by atoms with Crippen LogP contribution in [-0.2, 0) is 4.79 Å². The average molecular weight is 241 g/mol. The van der Waals surface area contributed by atoms with Crippen molar-refractivity contribution < 1.29 is 9.72 Å². The van der Waals surface area contributed by atoms with Crippen molar-refractivity contribution in [1.29, 1.82) is 0 Å². The van der Waals surface area contributed by atoms with Crippen LogP contribution in [0.1, 0.15) is 12.8 Å². The number of hydrogen-bond donors (Lipinski definition) is 0. The Kier molecular flexibility index (Phi) is 3.14. The Hall–Kier alpha value is -1.50. The summed E-state index contributed by atoms with van der Waals surface area (Å²) in [6.45, 7) is 1.43. The highest BCUT2D eigenvalue weighted by Gasteiger charge is 2.23. The highest BCUT2D eigenvalue weighted by atomic mass is 32.1. The number of carbonyl (C=O) groups is 1. The topological polar surface area (TPSA) is 76.3 Å². The first-order chi connectivity index (χ1) is 7.70. The van der Waals surface area contributed by atoms with Gasteiger partial charge in [0.1, 0.15) is 12.5 Å². The molecule has 1 saturated heterocycles. The molecular weight excluding hydrogens is 230 g/mol. The zero-order valence-corrected chi connectivity index (χ0v) is 9.35. The van der Waals surface area contributed by atoms with E-state index in [0.29, 0.717) is 11.7 Å². The number of nitro groups is 1. The molecule has 1 fully saturated rings. The molecule has 1 aromatic rings. The van der Waals surface area contributed by atoms with Crippen molar-refractivity contribution >= 4 is 27.8 Å². The van der Waals surface area contributed by atoms with Crippen LogP contribution in [0.3, 0.4) is 0 Å². The number of anilines is 1. The van der Waals surface area contributed by atoms with Crippen molar-refractivity contribution in [3.05, 3.63) is 16.3 Å². The molecule has 1 unspecified atom stereocenters. The molecule has 7 heteroatoms. The lowest BCUT2D eigenvalue weighted by Gasteiger charge is -2.29. The van der Waals surface area contributed by atoms with Gasteiger partial charge in [0, 0.05) is 19.0 Å². The molecule has 6 nitrogen and oxygen atoms in total. The maximum absolute atomic E-state index is 10.7. The normalized spacial score (nSPS) is 20.8. The molecule has 0 spiro atoms. The highest BCUT2D eigenvalue weighted by molar-refractivity contribution is 7.18. The molecule has 1 aromatic heterocycles. The van der Waals surface area contributed by atoms with E-state index in [1.807, 2.05) is 4.90 Å². The van der Waals surface area contributed by atoms with Crippen molar-refractivity contribution in [2.45, 2.75) is 12.8 Å². The van der Waals surface area contributed by atoms with Gasteiger partial charge in [-0.3, -0.25) is 10.1 Å². The van der Waals surface area contributed by atoms with E-state index in [2.05, 4.69) is 4.98 Å². The van der Waals surface area contributed by atoms with Crippen LogP contribution in [-0.4, -0.2) is 29.3 Å². The molecule has 86 valence electrons. The fraction of sp³-hybridized carbons (Fsp3) is 0.556. The van der Waals surface area contributed by atoms with Crippen molar-refractivity contribution in [1.82, 2.24) is 4.98 Å². The fourth-order valence-corrected chi connectivity index (χ4v) is 2.55. The average Bonchev–Trinajstić information content (AvgIpc) is 2.78. The zero-order valence-electron chi connectivity index (χ0n) is 8.54. The number of carbonyl (C=O) groups excluding carboxylic acids is 1. The van der Waals surface area contributed by atoms with Crippen LogP contribution < -0.4 is 4.90 Å². The summed E-state index contributed by atoms with van der Waals surface area (Å²) in [7, 11) is 0. The largest absolute Gasteiger partial charge is 0.347 e. The van der Waals surface area contributed by atoms with Crippen LogP contribution in [0.2, 0.25) is 0 Å². The van der Waals surface area contributed by atoms with Gasteiger partial charge >= 0.3 is 5.00 Å². The minimum atomic E-state index is -0.442. The second-order valence-corrected chi connectivity index (χ2v) is 4.71. The molecule has 1 aliphatic rings. The number of aldehydes is 1. The van der Waals surface area contributed by atoms with Crippen LogP contribution in [0.15, 0.2) is 6.20 Å². The predicted octanol–water partition coefficient (Wildman–Crippen LogP) is 1.47. The molecule has 0 aromatic carbocycles. The van der Waals surface area contributed by atoms with E-state index < -0.39 is 4.92 Å². The van der Waals surface area contributed by atoms with Crippen LogP contribution in [0.5, 0.6) is 0 Å². The van der Waals surface area contributed by atoms with E-state index in [9.17, 15) is 14.9 Å². The summed E-state index contributed by atoms with van der Waals surface area (Å²) < 4.78 is 0. The van der Waals surface area contributed by atoms with Crippen molar-refractivity contribution in [3.8, 4) is 0 Å². The number of piperidine rings is 1. The van der Waals surface area contributed by atoms with Gasteiger partial charge in [0.25, 0.3) is 0 Å². The lowest BCUT2D eigenvalue weighted by atomic mass is 10.0. The molecule has 2 heterocycles. The van der Waals surface area contributed by atoms with E-state index in [1.165, 1.54) is 6.20 Å². The predicted molar refractivity (Wildman–Crippen MR) is 59.8 cm³/mol. The Bertz CT molecular complexity index is 406. The molecular formula is C9H11N3O3S. The maximum atomic E-state index is 10.7. The smallest absolute Gasteiger partial charge is 0.345 e. The van der Waals surface area contributed by atoms with Gasteiger partial charge in [-0.1, -0.05) is 0 Å². The van der Waals surface area contributed by atoms with Gasteiger partial charge in [-0.15, -0.1) is 0 Å². The first kappa shape index (κ1) is 11.0. The third-order valence-corrected chi connectivity index (χ3v) is 3.59. The third-order valence-electron chi connectivity index (χ3n) is 2.58. The number of rotatable bonds is 3. The molecule has 0 aliphatic carbocycles. The van der Waals surface area contributed by atoms with Crippen molar-refractivity contribution in [2.75, 3.05) is 18.0 Å². The Morgan fingerprint density at radius 1 is 1.69 bits per heavy atom. The molecule has 0 radical (unpaired) electrons. The number of thiazole rings is 1. The maximum Gasteiger partial charge on any atom is 0.345 e. The number of aromatic nitrogens is 1. The van der Waals surface area contributed by atoms with Crippen LogP contribution >= 0.6 is 11.3 Å². The molecule has 1 aliphatic heterocycles. The van der Waals surface area contributed by atoms with E-state index >= 15 is 0 Å². The molecule has 1 atom stereocenters. The summed E-state index contributed by atoms with van der Waals surface area (Å²) in [6, 6.07) is 0. The summed E-state index contributed by atoms with van der Waals surface area (Å²) in [5.41, 5.74) is 0. The van der Waals surface area contributed by atoms with E-state index in [4.69, 9.17) is 0 Å². The number of nitrogens with zero attached hydrogens (tertiary/aromatic N) is 3. The Balaban J connectivity index is 2.10. The summed E-state index contributed by atoms with van der Waals surface area (Å²) in [4.78, 5) is 26.7. The molecule has 0 bridgehead atoms. The Labute approximate surface area is 96.0 Å². The van der Waals surface area contributed by atoms with Gasteiger partial charge in [0.15, 0.2) is 5.13 Å². The molecule has 16 heavy (non-hydrogen) atoms. The Morgan fingerprint density at radius 3 is 3.12 bits per heavy atom. The minimum absolute atomic E-state index is 0.0247. The second-order valence-electron chi connectivity index (χ2n) is 3.72.